The summed E-state index contributed by atoms with van der Waals surface area (Å²) in [5.41, 5.74) is 0. The monoisotopic (exact) mass is 282 g/mol. The summed E-state index contributed by atoms with van der Waals surface area (Å²) in [6.07, 6.45) is 5.45. The molecule has 0 rings (SSSR count). The van der Waals surface area contributed by atoms with E-state index in [4.69, 9.17) is 0 Å². The van der Waals surface area contributed by atoms with Gasteiger partial charge in [-0.1, -0.05) is 81.6 Å². The number of rotatable bonds is 10. The summed E-state index contributed by atoms with van der Waals surface area (Å²) in [5, 5.41) is 0. The second-order valence-electron chi connectivity index (χ2n) is 8.02. The van der Waals surface area contributed by atoms with E-state index >= 15 is 0 Å². The van der Waals surface area contributed by atoms with Crippen molar-refractivity contribution in [2.24, 2.45) is 41.4 Å². The van der Waals surface area contributed by atoms with Gasteiger partial charge in [-0.2, -0.15) is 0 Å². The third-order valence-corrected chi connectivity index (χ3v) is 6.02. The minimum atomic E-state index is 0.830. The van der Waals surface area contributed by atoms with Crippen LogP contribution >= 0.6 is 0 Å². The van der Waals surface area contributed by atoms with Crippen LogP contribution in [-0.4, -0.2) is 0 Å². The van der Waals surface area contributed by atoms with Crippen LogP contribution in [0.2, 0.25) is 0 Å². The average molecular weight is 283 g/mol. The van der Waals surface area contributed by atoms with Crippen molar-refractivity contribution < 1.29 is 0 Å². The Hall–Kier alpha value is 0. The van der Waals surface area contributed by atoms with Crippen molar-refractivity contribution in [3.05, 3.63) is 0 Å². The maximum atomic E-state index is 2.52. The largest absolute Gasteiger partial charge is 0.0654 e. The van der Waals surface area contributed by atoms with Crippen molar-refractivity contribution >= 4 is 0 Å². The van der Waals surface area contributed by atoms with E-state index in [1.807, 2.05) is 0 Å². The zero-order valence-corrected chi connectivity index (χ0v) is 15.9. The van der Waals surface area contributed by atoms with Crippen molar-refractivity contribution in [1.82, 2.24) is 0 Å². The first-order valence-corrected chi connectivity index (χ1v) is 9.26. The zero-order chi connectivity index (χ0) is 15.9. The predicted molar refractivity (Wildman–Crippen MR) is 94.0 cm³/mol. The first-order valence-electron chi connectivity index (χ1n) is 9.26. The lowest BCUT2D eigenvalue weighted by atomic mass is 9.68. The molecule has 6 atom stereocenters. The highest BCUT2D eigenvalue weighted by molar-refractivity contribution is 4.80. The van der Waals surface area contributed by atoms with Gasteiger partial charge in [-0.05, 0) is 47.8 Å². The lowest BCUT2D eigenvalue weighted by molar-refractivity contribution is 0.115. The highest BCUT2D eigenvalue weighted by atomic mass is 14.4. The molecule has 0 bridgehead atoms. The molecule has 0 saturated carbocycles. The maximum Gasteiger partial charge on any atom is -0.0363 e. The van der Waals surface area contributed by atoms with Gasteiger partial charge in [-0.3, -0.25) is 0 Å². The Morgan fingerprint density at radius 2 is 1.20 bits per heavy atom. The highest BCUT2D eigenvalue weighted by Crippen LogP contribution is 2.38. The molecule has 0 aliphatic heterocycles. The summed E-state index contributed by atoms with van der Waals surface area (Å²) in [4.78, 5) is 0. The van der Waals surface area contributed by atoms with Gasteiger partial charge in [0, 0.05) is 0 Å². The van der Waals surface area contributed by atoms with Gasteiger partial charge in [0.1, 0.15) is 0 Å². The number of hydrogen-bond acceptors (Lipinski definition) is 0. The predicted octanol–water partition coefficient (Wildman–Crippen LogP) is 7.04. The Morgan fingerprint density at radius 3 is 1.60 bits per heavy atom. The normalized spacial score (nSPS) is 21.3. The van der Waals surface area contributed by atoms with Gasteiger partial charge in [0.05, 0.1) is 0 Å². The maximum absolute atomic E-state index is 2.52. The van der Waals surface area contributed by atoms with E-state index in [2.05, 4.69) is 62.3 Å². The van der Waals surface area contributed by atoms with E-state index in [1.54, 1.807) is 0 Å². The van der Waals surface area contributed by atoms with E-state index in [0.29, 0.717) is 0 Å². The van der Waals surface area contributed by atoms with E-state index in [9.17, 15) is 0 Å². The molecular weight excluding hydrogens is 240 g/mol. The van der Waals surface area contributed by atoms with Crippen LogP contribution in [0.5, 0.6) is 0 Å². The molecule has 0 radical (unpaired) electrons. The summed E-state index contributed by atoms with van der Waals surface area (Å²) < 4.78 is 0. The topological polar surface area (TPSA) is 0 Å². The summed E-state index contributed by atoms with van der Waals surface area (Å²) in [5.74, 6) is 6.01. The SMILES string of the molecule is CCCC(C)C(CC)C(C)C(C)C(C)C(C)CC(C)C. The molecule has 0 aromatic rings. The van der Waals surface area contributed by atoms with Crippen LogP contribution in [0.25, 0.3) is 0 Å². The fourth-order valence-electron chi connectivity index (χ4n) is 4.31. The Kier molecular flexibility index (Phi) is 9.85. The van der Waals surface area contributed by atoms with Gasteiger partial charge in [-0.15, -0.1) is 0 Å². The summed E-state index contributed by atoms with van der Waals surface area (Å²) in [7, 11) is 0. The summed E-state index contributed by atoms with van der Waals surface area (Å²) >= 11 is 0. The summed E-state index contributed by atoms with van der Waals surface area (Å²) in [6.45, 7) is 21.9. The van der Waals surface area contributed by atoms with E-state index in [-0.39, 0.29) is 0 Å². The highest BCUT2D eigenvalue weighted by Gasteiger charge is 2.30. The molecule has 20 heavy (non-hydrogen) atoms. The molecule has 0 heterocycles. The van der Waals surface area contributed by atoms with Crippen molar-refractivity contribution in [2.75, 3.05) is 0 Å². The number of hydrogen-bond donors (Lipinski definition) is 0. The molecule has 0 aromatic heterocycles. The first kappa shape index (κ1) is 20.0. The quantitative estimate of drug-likeness (QED) is 0.403. The Bertz CT molecular complexity index is 230. The van der Waals surface area contributed by atoms with Crippen molar-refractivity contribution in [2.45, 2.75) is 88.0 Å². The van der Waals surface area contributed by atoms with Crippen LogP contribution in [0.15, 0.2) is 0 Å². The molecule has 0 saturated heterocycles. The molecule has 0 N–H and O–H groups in total. The fraction of sp³-hybridized carbons (Fsp3) is 1.00. The second-order valence-corrected chi connectivity index (χ2v) is 8.02. The second kappa shape index (κ2) is 9.85. The van der Waals surface area contributed by atoms with E-state index in [1.165, 1.54) is 25.7 Å². The molecule has 0 nitrogen and oxygen atoms in total. The van der Waals surface area contributed by atoms with Gasteiger partial charge in [0.15, 0.2) is 0 Å². The smallest absolute Gasteiger partial charge is 0.0363 e. The summed E-state index contributed by atoms with van der Waals surface area (Å²) in [6, 6.07) is 0. The van der Waals surface area contributed by atoms with Gasteiger partial charge < -0.3 is 0 Å². The Labute approximate surface area is 130 Å². The minimum absolute atomic E-state index is 0.830. The van der Waals surface area contributed by atoms with Gasteiger partial charge in [-0.25, -0.2) is 0 Å². The van der Waals surface area contributed by atoms with Crippen LogP contribution in [0.3, 0.4) is 0 Å². The van der Waals surface area contributed by atoms with Crippen LogP contribution in [0.1, 0.15) is 88.0 Å². The molecular formula is C20H42. The molecule has 0 aliphatic rings. The van der Waals surface area contributed by atoms with Crippen LogP contribution in [0, 0.1) is 41.4 Å². The Balaban J connectivity index is 4.66. The van der Waals surface area contributed by atoms with E-state index in [0.717, 1.165) is 41.4 Å². The van der Waals surface area contributed by atoms with Crippen LogP contribution < -0.4 is 0 Å². The third-order valence-electron chi connectivity index (χ3n) is 6.02. The molecule has 6 unspecified atom stereocenters. The van der Waals surface area contributed by atoms with Crippen LogP contribution in [0.4, 0.5) is 0 Å². The fourth-order valence-corrected chi connectivity index (χ4v) is 4.31. The molecule has 0 fully saturated rings. The van der Waals surface area contributed by atoms with Crippen molar-refractivity contribution in [3.8, 4) is 0 Å². The lowest BCUT2D eigenvalue weighted by Gasteiger charge is -2.38. The molecule has 0 amide bonds. The Morgan fingerprint density at radius 1 is 0.650 bits per heavy atom. The third kappa shape index (κ3) is 6.19. The van der Waals surface area contributed by atoms with Gasteiger partial charge in [0.2, 0.25) is 0 Å². The van der Waals surface area contributed by atoms with Crippen LogP contribution in [-0.2, 0) is 0 Å². The lowest BCUT2D eigenvalue weighted by Crippen LogP contribution is -2.30. The molecule has 0 heteroatoms. The van der Waals surface area contributed by atoms with E-state index < -0.39 is 0 Å². The first-order chi connectivity index (χ1) is 9.26. The molecule has 122 valence electrons. The van der Waals surface area contributed by atoms with Crippen molar-refractivity contribution in [3.63, 3.8) is 0 Å². The van der Waals surface area contributed by atoms with Gasteiger partial charge >= 0.3 is 0 Å². The molecule has 0 aromatic carbocycles. The van der Waals surface area contributed by atoms with Crippen molar-refractivity contribution in [1.29, 1.82) is 0 Å². The zero-order valence-electron chi connectivity index (χ0n) is 15.9. The minimum Gasteiger partial charge on any atom is -0.0654 e. The standard InChI is InChI=1S/C20H42/c1-10-12-15(5)20(11-2)19(9)18(8)17(7)16(6)13-14(3)4/h14-20H,10-13H2,1-9H3. The molecule has 0 spiro atoms. The molecule has 0 aliphatic carbocycles. The average Bonchev–Trinajstić information content (AvgIpc) is 2.37. The van der Waals surface area contributed by atoms with Gasteiger partial charge in [0.25, 0.3) is 0 Å².